The summed E-state index contributed by atoms with van der Waals surface area (Å²) in [7, 11) is 0. The van der Waals surface area contributed by atoms with Gasteiger partial charge in [0.15, 0.2) is 0 Å². The number of amides is 1. The molecule has 0 saturated heterocycles. The van der Waals surface area contributed by atoms with Gasteiger partial charge in [0.1, 0.15) is 11.8 Å². The van der Waals surface area contributed by atoms with Crippen molar-refractivity contribution in [3.05, 3.63) is 12.3 Å². The molecule has 0 aromatic heterocycles. The van der Waals surface area contributed by atoms with Gasteiger partial charge in [0.25, 0.3) is 0 Å². The van der Waals surface area contributed by atoms with Crippen molar-refractivity contribution in [3.8, 4) is 0 Å². The summed E-state index contributed by atoms with van der Waals surface area (Å²) in [6.45, 7) is 12.4. The molecular formula is C13H24N2O3. The van der Waals surface area contributed by atoms with Gasteiger partial charge in [-0.1, -0.05) is 20.8 Å². The maximum atomic E-state index is 11.7. The number of carbonyl (C=O) groups is 1. The Morgan fingerprint density at radius 3 is 2.39 bits per heavy atom. The van der Waals surface area contributed by atoms with Crippen LogP contribution in [0.1, 0.15) is 41.5 Å². The molecule has 0 aromatic carbocycles. The fourth-order valence-electron chi connectivity index (χ4n) is 1.24. The van der Waals surface area contributed by atoms with E-state index in [2.05, 4.69) is 26.2 Å². The van der Waals surface area contributed by atoms with Crippen LogP contribution in [-0.2, 0) is 9.47 Å². The number of hydrogen-bond donors (Lipinski definition) is 1. The number of ether oxygens (including phenoxy) is 2. The molecule has 1 heterocycles. The summed E-state index contributed by atoms with van der Waals surface area (Å²) in [5, 5.41) is 1.30. The van der Waals surface area contributed by atoms with Gasteiger partial charge in [0.05, 0.1) is 6.61 Å². The second-order valence-electron chi connectivity index (χ2n) is 6.61. The molecule has 0 saturated carbocycles. The van der Waals surface area contributed by atoms with Gasteiger partial charge in [-0.15, -0.1) is 0 Å². The lowest BCUT2D eigenvalue weighted by Crippen LogP contribution is -2.43. The van der Waals surface area contributed by atoms with E-state index < -0.39 is 11.7 Å². The van der Waals surface area contributed by atoms with Crippen LogP contribution < -0.4 is 5.43 Å². The van der Waals surface area contributed by atoms with E-state index in [1.54, 1.807) is 12.3 Å². The van der Waals surface area contributed by atoms with Crippen LogP contribution in [0.4, 0.5) is 4.79 Å². The molecule has 5 heteroatoms. The van der Waals surface area contributed by atoms with E-state index >= 15 is 0 Å². The average molecular weight is 256 g/mol. The largest absolute Gasteiger partial charge is 0.442 e. The van der Waals surface area contributed by atoms with Crippen LogP contribution >= 0.6 is 0 Å². The second-order valence-corrected chi connectivity index (χ2v) is 6.61. The summed E-state index contributed by atoms with van der Waals surface area (Å²) < 4.78 is 10.9. The minimum atomic E-state index is -0.503. The fraction of sp³-hybridized carbons (Fsp3) is 0.769. The van der Waals surface area contributed by atoms with Gasteiger partial charge in [0.2, 0.25) is 0 Å². The summed E-state index contributed by atoms with van der Waals surface area (Å²) in [5.74, 6) is 0. The molecular weight excluding hydrogens is 232 g/mol. The molecule has 18 heavy (non-hydrogen) atoms. The van der Waals surface area contributed by atoms with Gasteiger partial charge < -0.3 is 9.47 Å². The molecule has 1 rings (SSSR count). The number of hydrogen-bond acceptors (Lipinski definition) is 4. The second kappa shape index (κ2) is 5.28. The minimum absolute atomic E-state index is 0.0921. The average Bonchev–Trinajstić information content (AvgIpc) is 2.58. The van der Waals surface area contributed by atoms with Crippen molar-refractivity contribution in [3.63, 3.8) is 0 Å². The zero-order valence-corrected chi connectivity index (χ0v) is 12.1. The highest BCUT2D eigenvalue weighted by Gasteiger charge is 2.26. The van der Waals surface area contributed by atoms with E-state index in [0.29, 0.717) is 6.61 Å². The standard InChI is InChI=1S/C13H24N2O3/c1-12(2,3)9-17-10-7-8-15(14-10)11(16)18-13(4,5)6/h7-8,10,14H,9H2,1-6H3. The van der Waals surface area contributed by atoms with Gasteiger partial charge in [-0.25, -0.2) is 9.80 Å². The summed E-state index contributed by atoms with van der Waals surface area (Å²) in [6, 6.07) is 0. The van der Waals surface area contributed by atoms with E-state index in [1.165, 1.54) is 5.01 Å². The number of nitrogens with one attached hydrogen (secondary N) is 1. The number of carbonyl (C=O) groups excluding carboxylic acids is 1. The Morgan fingerprint density at radius 2 is 1.89 bits per heavy atom. The monoisotopic (exact) mass is 256 g/mol. The van der Waals surface area contributed by atoms with Crippen molar-refractivity contribution in [2.75, 3.05) is 6.61 Å². The van der Waals surface area contributed by atoms with Gasteiger partial charge in [-0.2, -0.15) is 5.43 Å². The number of nitrogens with zero attached hydrogens (tertiary/aromatic N) is 1. The Hall–Kier alpha value is -1.07. The van der Waals surface area contributed by atoms with Crippen molar-refractivity contribution in [1.29, 1.82) is 0 Å². The molecule has 1 aliphatic heterocycles. The topological polar surface area (TPSA) is 50.8 Å². The van der Waals surface area contributed by atoms with Gasteiger partial charge in [-0.3, -0.25) is 0 Å². The Bertz CT molecular complexity index is 326. The van der Waals surface area contributed by atoms with Gasteiger partial charge in [-0.05, 0) is 32.3 Å². The molecule has 0 spiro atoms. The molecule has 0 bridgehead atoms. The third kappa shape index (κ3) is 5.51. The predicted molar refractivity (Wildman–Crippen MR) is 69.5 cm³/mol. The first-order valence-electron chi connectivity index (χ1n) is 6.15. The Morgan fingerprint density at radius 1 is 1.28 bits per heavy atom. The van der Waals surface area contributed by atoms with Crippen LogP contribution in [0.5, 0.6) is 0 Å². The minimum Gasteiger partial charge on any atom is -0.442 e. The van der Waals surface area contributed by atoms with E-state index in [0.717, 1.165) is 0 Å². The molecule has 0 aliphatic carbocycles. The highest BCUT2D eigenvalue weighted by atomic mass is 16.6. The smallest absolute Gasteiger partial charge is 0.429 e. The van der Waals surface area contributed by atoms with Crippen molar-refractivity contribution >= 4 is 6.09 Å². The summed E-state index contributed by atoms with van der Waals surface area (Å²) >= 11 is 0. The van der Waals surface area contributed by atoms with Crippen molar-refractivity contribution in [2.45, 2.75) is 53.4 Å². The molecule has 1 unspecified atom stereocenters. The first-order chi connectivity index (χ1) is 8.07. The van der Waals surface area contributed by atoms with E-state index in [-0.39, 0.29) is 11.6 Å². The van der Waals surface area contributed by atoms with Crippen LogP contribution in [0.3, 0.4) is 0 Å². The maximum absolute atomic E-state index is 11.7. The van der Waals surface area contributed by atoms with E-state index in [4.69, 9.17) is 9.47 Å². The third-order valence-electron chi connectivity index (χ3n) is 1.96. The van der Waals surface area contributed by atoms with Crippen LogP contribution in [0, 0.1) is 5.41 Å². The lowest BCUT2D eigenvalue weighted by atomic mass is 9.99. The van der Waals surface area contributed by atoms with E-state index in [9.17, 15) is 4.79 Å². The zero-order valence-electron chi connectivity index (χ0n) is 12.1. The van der Waals surface area contributed by atoms with Gasteiger partial charge in [0, 0.05) is 6.20 Å². The number of rotatable bonds is 2. The van der Waals surface area contributed by atoms with Crippen LogP contribution in [0.15, 0.2) is 12.3 Å². The maximum Gasteiger partial charge on any atom is 0.429 e. The summed E-state index contributed by atoms with van der Waals surface area (Å²) in [5.41, 5.74) is 2.50. The van der Waals surface area contributed by atoms with Crippen LogP contribution in [0.25, 0.3) is 0 Å². The molecule has 104 valence electrons. The Kier molecular flexibility index (Phi) is 4.40. The quantitative estimate of drug-likeness (QED) is 0.825. The zero-order chi connectivity index (χ0) is 14.0. The molecule has 1 amide bonds. The molecule has 1 N–H and O–H groups in total. The highest BCUT2D eigenvalue weighted by Crippen LogP contribution is 2.16. The summed E-state index contributed by atoms with van der Waals surface area (Å²) in [4.78, 5) is 11.7. The normalized spacial score (nSPS) is 20.3. The summed E-state index contributed by atoms with van der Waals surface area (Å²) in [6.07, 6.45) is 2.70. The highest BCUT2D eigenvalue weighted by molar-refractivity contribution is 5.69. The SMILES string of the molecule is CC(C)(C)COC1C=CN(C(=O)OC(C)(C)C)N1. The van der Waals surface area contributed by atoms with Crippen molar-refractivity contribution in [1.82, 2.24) is 10.4 Å². The lowest BCUT2D eigenvalue weighted by Gasteiger charge is -2.25. The lowest BCUT2D eigenvalue weighted by molar-refractivity contribution is -0.0166. The van der Waals surface area contributed by atoms with Crippen molar-refractivity contribution < 1.29 is 14.3 Å². The fourth-order valence-corrected chi connectivity index (χ4v) is 1.24. The molecule has 5 nitrogen and oxygen atoms in total. The Labute approximate surface area is 109 Å². The van der Waals surface area contributed by atoms with Crippen LogP contribution in [0.2, 0.25) is 0 Å². The molecule has 0 aromatic rings. The van der Waals surface area contributed by atoms with Crippen molar-refractivity contribution in [2.24, 2.45) is 5.41 Å². The van der Waals surface area contributed by atoms with Crippen LogP contribution in [-0.4, -0.2) is 29.5 Å². The molecule has 0 fully saturated rings. The Balaban J connectivity index is 2.38. The first kappa shape index (κ1) is 15.0. The first-order valence-corrected chi connectivity index (χ1v) is 6.15. The molecule has 1 atom stereocenters. The molecule has 0 radical (unpaired) electrons. The number of hydrazine groups is 1. The predicted octanol–water partition coefficient (Wildman–Crippen LogP) is 2.64. The third-order valence-corrected chi connectivity index (χ3v) is 1.96. The molecule has 1 aliphatic rings. The van der Waals surface area contributed by atoms with Gasteiger partial charge >= 0.3 is 6.09 Å². The van der Waals surface area contributed by atoms with E-state index in [1.807, 2.05) is 20.8 Å².